The lowest BCUT2D eigenvalue weighted by molar-refractivity contribution is 0.196. The molecule has 0 aliphatic heterocycles. The lowest BCUT2D eigenvalue weighted by Crippen LogP contribution is -2.20. The molecule has 0 radical (unpaired) electrons. The first-order valence-corrected chi connectivity index (χ1v) is 5.44. The molecule has 92 valence electrons. The SMILES string of the molecule is O=C(O)NCC#CCn1ccc2ncnc(Cl)c21. The van der Waals surface area contributed by atoms with Crippen molar-refractivity contribution < 1.29 is 9.90 Å². The van der Waals surface area contributed by atoms with Crippen LogP contribution in [-0.4, -0.2) is 32.3 Å². The summed E-state index contributed by atoms with van der Waals surface area (Å²) in [5.74, 6) is 5.53. The molecule has 0 atom stereocenters. The monoisotopic (exact) mass is 264 g/mol. The van der Waals surface area contributed by atoms with Gasteiger partial charge in [-0.3, -0.25) is 0 Å². The van der Waals surface area contributed by atoms with Gasteiger partial charge in [0.1, 0.15) is 11.8 Å². The second-order valence-corrected chi connectivity index (χ2v) is 3.71. The average molecular weight is 265 g/mol. The third-order valence-electron chi connectivity index (χ3n) is 2.21. The number of fused-ring (bicyclic) bond motifs is 1. The van der Waals surface area contributed by atoms with Crippen molar-refractivity contribution in [2.75, 3.05) is 6.54 Å². The van der Waals surface area contributed by atoms with E-state index in [1.807, 2.05) is 16.8 Å². The molecule has 0 aliphatic carbocycles. The standard InChI is InChI=1S/C11H9ClN4O2/c12-10-9-8(14-7-15-10)3-6-16(9)5-2-1-4-13-11(17)18/h3,6-7,13H,4-5H2,(H,17,18). The summed E-state index contributed by atoms with van der Waals surface area (Å²) >= 11 is 5.98. The maximum Gasteiger partial charge on any atom is 0.405 e. The molecule has 2 rings (SSSR count). The molecule has 2 aromatic rings. The average Bonchev–Trinajstić information content (AvgIpc) is 2.73. The Morgan fingerprint density at radius 2 is 2.33 bits per heavy atom. The third kappa shape index (κ3) is 2.70. The van der Waals surface area contributed by atoms with Gasteiger partial charge in [-0.1, -0.05) is 23.4 Å². The van der Waals surface area contributed by atoms with Crippen LogP contribution in [0.15, 0.2) is 18.6 Å². The molecule has 2 N–H and O–H groups in total. The van der Waals surface area contributed by atoms with E-state index in [-0.39, 0.29) is 6.54 Å². The summed E-state index contributed by atoms with van der Waals surface area (Å²) < 4.78 is 1.81. The molecular formula is C11H9ClN4O2. The molecule has 0 aromatic carbocycles. The molecule has 0 fully saturated rings. The van der Waals surface area contributed by atoms with Gasteiger partial charge < -0.3 is 15.0 Å². The number of rotatable bonds is 2. The highest BCUT2D eigenvalue weighted by molar-refractivity contribution is 6.33. The fraction of sp³-hybridized carbons (Fsp3) is 0.182. The zero-order chi connectivity index (χ0) is 13.0. The number of nitrogens with zero attached hydrogens (tertiary/aromatic N) is 3. The Bertz CT molecular complexity index is 641. The van der Waals surface area contributed by atoms with Crippen molar-refractivity contribution in [3.05, 3.63) is 23.7 Å². The summed E-state index contributed by atoms with van der Waals surface area (Å²) in [6, 6.07) is 1.82. The molecular weight excluding hydrogens is 256 g/mol. The summed E-state index contributed by atoms with van der Waals surface area (Å²) in [5, 5.41) is 10.9. The second-order valence-electron chi connectivity index (χ2n) is 3.35. The molecule has 0 spiro atoms. The normalized spacial score (nSPS) is 9.83. The summed E-state index contributed by atoms with van der Waals surface area (Å²) in [6.07, 6.45) is 2.12. The van der Waals surface area contributed by atoms with E-state index >= 15 is 0 Å². The Balaban J connectivity index is 2.10. The van der Waals surface area contributed by atoms with Crippen LogP contribution in [-0.2, 0) is 6.54 Å². The number of aromatic nitrogens is 3. The van der Waals surface area contributed by atoms with E-state index in [2.05, 4.69) is 27.1 Å². The number of amides is 1. The van der Waals surface area contributed by atoms with Crippen LogP contribution in [0, 0.1) is 11.8 Å². The summed E-state index contributed by atoms with van der Waals surface area (Å²) in [6.45, 7) is 0.497. The van der Waals surface area contributed by atoms with Gasteiger partial charge in [0, 0.05) is 6.20 Å². The number of halogens is 1. The van der Waals surface area contributed by atoms with Crippen LogP contribution in [0.3, 0.4) is 0 Å². The molecule has 0 saturated carbocycles. The number of carboxylic acid groups (broad SMARTS) is 1. The first kappa shape index (κ1) is 12.2. The molecule has 6 nitrogen and oxygen atoms in total. The van der Waals surface area contributed by atoms with Crippen LogP contribution in [0.2, 0.25) is 5.15 Å². The van der Waals surface area contributed by atoms with Gasteiger partial charge in [-0.2, -0.15) is 0 Å². The lowest BCUT2D eigenvalue weighted by Gasteiger charge is -2.00. The van der Waals surface area contributed by atoms with Crippen LogP contribution in [0.4, 0.5) is 4.79 Å². The zero-order valence-corrected chi connectivity index (χ0v) is 9.98. The van der Waals surface area contributed by atoms with Gasteiger partial charge in [-0.05, 0) is 6.07 Å². The largest absolute Gasteiger partial charge is 0.465 e. The van der Waals surface area contributed by atoms with Crippen LogP contribution in [0.25, 0.3) is 11.0 Å². The zero-order valence-electron chi connectivity index (χ0n) is 9.22. The maximum absolute atomic E-state index is 10.2. The molecule has 7 heteroatoms. The van der Waals surface area contributed by atoms with Gasteiger partial charge in [-0.15, -0.1) is 0 Å². The number of hydrogen-bond donors (Lipinski definition) is 2. The van der Waals surface area contributed by atoms with Gasteiger partial charge in [-0.25, -0.2) is 14.8 Å². The molecule has 0 aliphatic rings. The Labute approximate surface area is 108 Å². The minimum atomic E-state index is -1.09. The highest BCUT2D eigenvalue weighted by Crippen LogP contribution is 2.19. The van der Waals surface area contributed by atoms with Crippen molar-refractivity contribution in [2.24, 2.45) is 0 Å². The second kappa shape index (κ2) is 5.38. The fourth-order valence-electron chi connectivity index (χ4n) is 1.45. The minimum Gasteiger partial charge on any atom is -0.465 e. The molecule has 0 saturated heterocycles. The molecule has 18 heavy (non-hydrogen) atoms. The van der Waals surface area contributed by atoms with E-state index in [0.29, 0.717) is 11.7 Å². The van der Waals surface area contributed by atoms with Crippen LogP contribution < -0.4 is 5.32 Å². The van der Waals surface area contributed by atoms with Crippen molar-refractivity contribution in [1.29, 1.82) is 0 Å². The first-order valence-electron chi connectivity index (χ1n) is 5.06. The number of hydrogen-bond acceptors (Lipinski definition) is 3. The lowest BCUT2D eigenvalue weighted by atomic mass is 10.4. The first-order chi connectivity index (χ1) is 8.68. The van der Waals surface area contributed by atoms with E-state index in [4.69, 9.17) is 16.7 Å². The maximum atomic E-state index is 10.2. The third-order valence-corrected chi connectivity index (χ3v) is 2.48. The van der Waals surface area contributed by atoms with E-state index in [9.17, 15) is 4.79 Å². The van der Waals surface area contributed by atoms with Crippen molar-refractivity contribution in [3.8, 4) is 11.8 Å². The van der Waals surface area contributed by atoms with Gasteiger partial charge in [0.25, 0.3) is 0 Å². The smallest absolute Gasteiger partial charge is 0.405 e. The Kier molecular flexibility index (Phi) is 3.65. The summed E-state index contributed by atoms with van der Waals surface area (Å²) in [5.41, 5.74) is 1.47. The molecule has 2 heterocycles. The predicted octanol–water partition coefficient (Wildman–Crippen LogP) is 1.36. The van der Waals surface area contributed by atoms with Crippen LogP contribution in [0.5, 0.6) is 0 Å². The van der Waals surface area contributed by atoms with Gasteiger partial charge >= 0.3 is 6.09 Å². The van der Waals surface area contributed by atoms with Gasteiger partial charge in [0.2, 0.25) is 0 Å². The highest BCUT2D eigenvalue weighted by atomic mass is 35.5. The number of carbonyl (C=O) groups is 1. The molecule has 0 bridgehead atoms. The van der Waals surface area contributed by atoms with Crippen LogP contribution in [0.1, 0.15) is 0 Å². The Morgan fingerprint density at radius 1 is 1.50 bits per heavy atom. The quantitative estimate of drug-likeness (QED) is 0.634. The van der Waals surface area contributed by atoms with Gasteiger partial charge in [0.15, 0.2) is 5.15 Å². The van der Waals surface area contributed by atoms with E-state index in [1.54, 1.807) is 0 Å². The molecule has 2 aromatic heterocycles. The number of nitrogens with one attached hydrogen (secondary N) is 1. The van der Waals surface area contributed by atoms with Crippen LogP contribution >= 0.6 is 11.6 Å². The summed E-state index contributed by atoms with van der Waals surface area (Å²) in [7, 11) is 0. The van der Waals surface area contributed by atoms with E-state index in [1.165, 1.54) is 6.33 Å². The van der Waals surface area contributed by atoms with Crippen molar-refractivity contribution in [1.82, 2.24) is 19.9 Å². The van der Waals surface area contributed by atoms with E-state index < -0.39 is 6.09 Å². The van der Waals surface area contributed by atoms with E-state index in [0.717, 1.165) is 11.0 Å². The highest BCUT2D eigenvalue weighted by Gasteiger charge is 2.05. The minimum absolute atomic E-state index is 0.0960. The van der Waals surface area contributed by atoms with Crippen molar-refractivity contribution >= 4 is 28.7 Å². The van der Waals surface area contributed by atoms with Crippen molar-refractivity contribution in [2.45, 2.75) is 6.54 Å². The van der Waals surface area contributed by atoms with Gasteiger partial charge in [0.05, 0.1) is 18.6 Å². The molecule has 1 amide bonds. The topological polar surface area (TPSA) is 80.0 Å². The Morgan fingerprint density at radius 3 is 3.11 bits per heavy atom. The predicted molar refractivity (Wildman–Crippen MR) is 66.3 cm³/mol. The fourth-order valence-corrected chi connectivity index (χ4v) is 1.70. The molecule has 0 unspecified atom stereocenters. The van der Waals surface area contributed by atoms with Crippen molar-refractivity contribution in [3.63, 3.8) is 0 Å². The summed E-state index contributed by atoms with van der Waals surface area (Å²) in [4.78, 5) is 18.2. The Hall–Kier alpha value is -2.26.